The van der Waals surface area contributed by atoms with Gasteiger partial charge in [0.05, 0.1) is 6.10 Å². The van der Waals surface area contributed by atoms with Gasteiger partial charge in [0.15, 0.2) is 5.75 Å². The van der Waals surface area contributed by atoms with Crippen LogP contribution in [0.5, 0.6) is 5.75 Å². The zero-order valence-corrected chi connectivity index (χ0v) is 15.0. The molecule has 0 aromatic heterocycles. The van der Waals surface area contributed by atoms with E-state index >= 15 is 0 Å². The first-order valence-electron chi connectivity index (χ1n) is 6.89. The van der Waals surface area contributed by atoms with Crippen molar-refractivity contribution in [1.29, 1.82) is 0 Å². The molecule has 11 heteroatoms. The molecular weight excluding hydrogens is 372 g/mol. The molecule has 6 nitrogen and oxygen atoms in total. The van der Waals surface area contributed by atoms with Gasteiger partial charge in [0.2, 0.25) is 7.37 Å². The lowest BCUT2D eigenvalue weighted by Gasteiger charge is -2.19. The third kappa shape index (κ3) is 6.43. The van der Waals surface area contributed by atoms with E-state index in [2.05, 4.69) is 8.92 Å². The average Bonchev–Trinajstić information content (AvgIpc) is 2.43. The highest BCUT2D eigenvalue weighted by Gasteiger charge is 2.35. The molecule has 0 heterocycles. The summed E-state index contributed by atoms with van der Waals surface area (Å²) in [5.74, 6) is -0.930. The average molecular weight is 390 g/mol. The first-order chi connectivity index (χ1) is 10.9. The molecule has 0 N–H and O–H groups in total. The fourth-order valence-corrected chi connectivity index (χ4v) is 4.75. The Morgan fingerprint density at radius 1 is 1.21 bits per heavy atom. The van der Waals surface area contributed by atoms with Crippen molar-refractivity contribution >= 4 is 17.5 Å². The molecule has 0 aliphatic rings. The molecule has 0 spiro atoms. The Morgan fingerprint density at radius 3 is 2.29 bits per heavy atom. The van der Waals surface area contributed by atoms with Crippen molar-refractivity contribution in [3.05, 3.63) is 24.3 Å². The minimum atomic E-state index is -5.06. The molecule has 0 amide bonds. The van der Waals surface area contributed by atoms with E-state index in [0.717, 1.165) is 12.1 Å². The minimum absolute atomic E-state index is 0.0153. The first-order valence-corrected chi connectivity index (χ1v) is 10.3. The molecule has 0 radical (unpaired) electrons. The number of alkyl halides is 3. The van der Waals surface area contributed by atoms with Crippen molar-refractivity contribution in [3.63, 3.8) is 0 Å². The van der Waals surface area contributed by atoms with Crippen molar-refractivity contribution < 1.29 is 39.6 Å². The zero-order valence-electron chi connectivity index (χ0n) is 13.2. The van der Waals surface area contributed by atoms with Crippen LogP contribution in [0.3, 0.4) is 0 Å². The topological polar surface area (TPSA) is 78.9 Å². The molecule has 138 valence electrons. The third-order valence-electron chi connectivity index (χ3n) is 2.63. The summed E-state index contributed by atoms with van der Waals surface area (Å²) in [7, 11) is -8.01. The number of rotatable bonds is 8. The Labute approximate surface area is 138 Å². The van der Waals surface area contributed by atoms with Crippen LogP contribution in [-0.2, 0) is 23.4 Å². The van der Waals surface area contributed by atoms with E-state index in [0.29, 0.717) is 0 Å². The summed E-state index contributed by atoms with van der Waals surface area (Å²) in [6.07, 6.45) is -6.25. The van der Waals surface area contributed by atoms with Gasteiger partial charge >= 0.3 is 16.5 Å². The Morgan fingerprint density at radius 2 is 1.79 bits per heavy atom. The summed E-state index contributed by atoms with van der Waals surface area (Å²) in [5.41, 5.74) is 0. The molecule has 1 aromatic rings. The molecule has 1 unspecified atom stereocenters. The number of benzene rings is 1. The quantitative estimate of drug-likeness (QED) is 0.494. The normalized spacial score (nSPS) is 15.3. The smallest absolute Gasteiger partial charge is 0.404 e. The predicted octanol–water partition coefficient (Wildman–Crippen LogP) is 3.97. The fourth-order valence-electron chi connectivity index (χ4n) is 1.66. The summed E-state index contributed by atoms with van der Waals surface area (Å²) in [6, 6.07) is 4.13. The Balaban J connectivity index is 3.03. The van der Waals surface area contributed by atoms with Crippen LogP contribution in [0.4, 0.5) is 13.2 Å². The highest BCUT2D eigenvalue weighted by atomic mass is 32.2. The van der Waals surface area contributed by atoms with E-state index in [4.69, 9.17) is 4.52 Å². The maximum absolute atomic E-state index is 12.4. The molecule has 0 bridgehead atoms. The lowest BCUT2D eigenvalue weighted by Crippen LogP contribution is -2.20. The van der Waals surface area contributed by atoms with E-state index in [9.17, 15) is 26.2 Å². The Hall–Kier alpha value is -1.09. The summed E-state index contributed by atoms with van der Waals surface area (Å²) in [6.45, 7) is 4.76. The maximum atomic E-state index is 12.4. The largest absolute Gasteiger partial charge is 0.573 e. The van der Waals surface area contributed by atoms with Gasteiger partial charge in [0, 0.05) is 6.16 Å². The predicted molar refractivity (Wildman–Crippen MR) is 80.6 cm³/mol. The van der Waals surface area contributed by atoms with E-state index in [-0.39, 0.29) is 6.16 Å². The third-order valence-corrected chi connectivity index (χ3v) is 6.40. The molecule has 0 saturated heterocycles. The molecule has 0 aliphatic carbocycles. The molecular formula is C13H18F3O6PS. The van der Waals surface area contributed by atoms with Crippen LogP contribution in [-0.4, -0.2) is 33.4 Å². The number of halogens is 3. The van der Waals surface area contributed by atoms with Gasteiger partial charge in [-0.3, -0.25) is 8.75 Å². The molecule has 1 aromatic carbocycles. The van der Waals surface area contributed by atoms with Gasteiger partial charge in [-0.2, -0.15) is 8.42 Å². The Bertz CT molecular complexity index is 702. The van der Waals surface area contributed by atoms with E-state index < -0.39 is 46.9 Å². The molecule has 0 aliphatic heterocycles. The van der Waals surface area contributed by atoms with E-state index in [1.54, 1.807) is 13.8 Å². The van der Waals surface area contributed by atoms with Crippen LogP contribution in [0.25, 0.3) is 0 Å². The SMILES string of the molecule is CCP(=O)(COS(=O)(=O)c1ccccc1OC(F)(F)F)OC(C)C. The summed E-state index contributed by atoms with van der Waals surface area (Å²) in [5, 5.41) is 0. The molecule has 0 saturated carbocycles. The molecule has 1 rings (SSSR count). The second-order valence-electron chi connectivity index (χ2n) is 4.98. The van der Waals surface area contributed by atoms with Crippen molar-refractivity contribution in [2.75, 3.05) is 12.5 Å². The van der Waals surface area contributed by atoms with Gasteiger partial charge in [0.25, 0.3) is 0 Å². The number of ether oxygens (including phenoxy) is 1. The van der Waals surface area contributed by atoms with E-state index in [1.165, 1.54) is 19.1 Å². The van der Waals surface area contributed by atoms with Gasteiger partial charge in [-0.15, -0.1) is 13.2 Å². The van der Waals surface area contributed by atoms with Crippen LogP contribution in [0.2, 0.25) is 0 Å². The van der Waals surface area contributed by atoms with Crippen LogP contribution in [0.15, 0.2) is 29.2 Å². The van der Waals surface area contributed by atoms with Crippen molar-refractivity contribution in [3.8, 4) is 5.75 Å². The van der Waals surface area contributed by atoms with Gasteiger partial charge in [-0.05, 0) is 26.0 Å². The fraction of sp³-hybridized carbons (Fsp3) is 0.538. The summed E-state index contributed by atoms with van der Waals surface area (Å²) >= 11 is 0. The standard InChI is InChI=1S/C13H18F3O6PS/c1-4-23(17,22-10(2)3)9-20-24(18,19)12-8-6-5-7-11(12)21-13(14,15)16/h5-8,10H,4,9H2,1-3H3. The number of hydrogen-bond donors (Lipinski definition) is 0. The minimum Gasteiger partial charge on any atom is -0.404 e. The van der Waals surface area contributed by atoms with Gasteiger partial charge in [0.1, 0.15) is 11.2 Å². The van der Waals surface area contributed by atoms with E-state index in [1.807, 2.05) is 0 Å². The lowest BCUT2D eigenvalue weighted by molar-refractivity contribution is -0.275. The second-order valence-corrected chi connectivity index (χ2v) is 9.29. The van der Waals surface area contributed by atoms with Crippen molar-refractivity contribution in [2.24, 2.45) is 0 Å². The van der Waals surface area contributed by atoms with Gasteiger partial charge in [-0.1, -0.05) is 19.1 Å². The summed E-state index contributed by atoms with van der Waals surface area (Å²) < 4.78 is 87.3. The molecule has 24 heavy (non-hydrogen) atoms. The van der Waals surface area contributed by atoms with Gasteiger partial charge in [-0.25, -0.2) is 0 Å². The van der Waals surface area contributed by atoms with Crippen LogP contribution in [0, 0.1) is 0 Å². The van der Waals surface area contributed by atoms with Crippen LogP contribution >= 0.6 is 7.37 Å². The highest BCUT2D eigenvalue weighted by Crippen LogP contribution is 2.48. The Kier molecular flexibility index (Phi) is 6.86. The monoisotopic (exact) mass is 390 g/mol. The molecule has 0 fully saturated rings. The lowest BCUT2D eigenvalue weighted by atomic mass is 10.3. The highest BCUT2D eigenvalue weighted by molar-refractivity contribution is 7.87. The first kappa shape index (κ1) is 21.0. The maximum Gasteiger partial charge on any atom is 0.573 e. The van der Waals surface area contributed by atoms with Crippen LogP contribution in [0.1, 0.15) is 20.8 Å². The van der Waals surface area contributed by atoms with Crippen molar-refractivity contribution in [2.45, 2.75) is 38.1 Å². The molecule has 1 atom stereocenters. The number of para-hydroxylation sites is 1. The zero-order chi connectivity index (χ0) is 18.6. The number of hydrogen-bond acceptors (Lipinski definition) is 6. The summed E-state index contributed by atoms with van der Waals surface area (Å²) in [4.78, 5) is -0.811. The van der Waals surface area contributed by atoms with Crippen molar-refractivity contribution in [1.82, 2.24) is 0 Å². The van der Waals surface area contributed by atoms with Gasteiger partial charge < -0.3 is 9.26 Å². The second kappa shape index (κ2) is 7.86. The van der Waals surface area contributed by atoms with Crippen LogP contribution < -0.4 is 4.74 Å².